The zero-order valence-corrected chi connectivity index (χ0v) is 8.10. The molecule has 1 N–H and O–H groups in total. The van der Waals surface area contributed by atoms with Gasteiger partial charge in [0.1, 0.15) is 0 Å². The summed E-state index contributed by atoms with van der Waals surface area (Å²) in [6, 6.07) is 7.70. The van der Waals surface area contributed by atoms with Crippen LogP contribution in [0.25, 0.3) is 6.08 Å². The van der Waals surface area contributed by atoms with Crippen molar-refractivity contribution in [1.29, 1.82) is 0 Å². The van der Waals surface area contributed by atoms with Crippen LogP contribution in [-0.4, -0.2) is 5.17 Å². The summed E-state index contributed by atoms with van der Waals surface area (Å²) in [5.41, 5.74) is 4.70. The first kappa shape index (κ1) is 8.60. The van der Waals surface area contributed by atoms with Crippen molar-refractivity contribution >= 4 is 40.1 Å². The predicted molar refractivity (Wildman–Crippen MR) is 57.2 cm³/mol. The number of benzene rings is 1. The minimum Gasteiger partial charge on any atom is -0.276 e. The van der Waals surface area contributed by atoms with Crippen LogP contribution in [0.3, 0.4) is 0 Å². The van der Waals surface area contributed by atoms with Crippen molar-refractivity contribution in [3.05, 3.63) is 34.9 Å². The van der Waals surface area contributed by atoms with Crippen LogP contribution in [0.1, 0.15) is 5.56 Å². The van der Waals surface area contributed by atoms with E-state index in [0.717, 1.165) is 11.3 Å². The molecule has 0 radical (unpaired) electrons. The molecule has 13 heavy (non-hydrogen) atoms. The highest BCUT2D eigenvalue weighted by molar-refractivity contribution is 6.76. The van der Waals surface area contributed by atoms with E-state index >= 15 is 0 Å². The molecule has 1 heterocycles. The number of hydrogen-bond donors (Lipinski definition) is 1. The van der Waals surface area contributed by atoms with Gasteiger partial charge in [0.25, 0.3) is 0 Å². The van der Waals surface area contributed by atoms with Crippen molar-refractivity contribution in [2.45, 2.75) is 0 Å². The van der Waals surface area contributed by atoms with Gasteiger partial charge in [-0.25, -0.2) is 0 Å². The molecular formula is C9H6Cl2N2. The molecule has 0 aliphatic carbocycles. The molecule has 0 bridgehead atoms. The van der Waals surface area contributed by atoms with Gasteiger partial charge >= 0.3 is 0 Å². The average Bonchev–Trinajstić information content (AvgIpc) is 2.28. The molecule has 66 valence electrons. The van der Waals surface area contributed by atoms with E-state index in [9.17, 15) is 0 Å². The van der Waals surface area contributed by atoms with Crippen LogP contribution in [0.5, 0.6) is 0 Å². The quantitative estimate of drug-likeness (QED) is 0.702. The summed E-state index contributed by atoms with van der Waals surface area (Å²) < 4.78 is 0. The van der Waals surface area contributed by atoms with Gasteiger partial charge in [0.15, 0.2) is 5.17 Å². The normalized spacial score (nSPS) is 14.9. The molecule has 1 aromatic rings. The Hall–Kier alpha value is -0.990. The molecule has 1 aliphatic rings. The van der Waals surface area contributed by atoms with E-state index in [-0.39, 0.29) is 5.17 Å². The molecule has 2 nitrogen and oxygen atoms in total. The SMILES string of the molecule is ClC1=Cc2ccccc2NN=C1Cl. The van der Waals surface area contributed by atoms with E-state index in [2.05, 4.69) is 10.5 Å². The van der Waals surface area contributed by atoms with Crippen LogP contribution in [0.2, 0.25) is 0 Å². The second-order valence-electron chi connectivity index (χ2n) is 2.59. The molecule has 0 fully saturated rings. The molecule has 0 amide bonds. The number of allylic oxidation sites excluding steroid dienone is 1. The van der Waals surface area contributed by atoms with Gasteiger partial charge in [-0.2, -0.15) is 5.10 Å². The third kappa shape index (κ3) is 1.69. The Morgan fingerprint density at radius 3 is 2.77 bits per heavy atom. The first-order valence-corrected chi connectivity index (χ1v) is 4.49. The largest absolute Gasteiger partial charge is 0.276 e. The van der Waals surface area contributed by atoms with Gasteiger partial charge in [0.05, 0.1) is 10.7 Å². The van der Waals surface area contributed by atoms with E-state index in [0.29, 0.717) is 5.03 Å². The summed E-state index contributed by atoms with van der Waals surface area (Å²) in [4.78, 5) is 0. The van der Waals surface area contributed by atoms with Crippen LogP contribution in [0.4, 0.5) is 5.69 Å². The molecule has 4 heteroatoms. The number of rotatable bonds is 0. The fourth-order valence-electron chi connectivity index (χ4n) is 1.08. The lowest BCUT2D eigenvalue weighted by Crippen LogP contribution is -1.91. The van der Waals surface area contributed by atoms with Crippen molar-refractivity contribution < 1.29 is 0 Å². The number of hydrazone groups is 1. The van der Waals surface area contributed by atoms with E-state index in [1.807, 2.05) is 24.3 Å². The number of halogens is 2. The molecule has 0 spiro atoms. The molecule has 2 rings (SSSR count). The van der Waals surface area contributed by atoms with Gasteiger partial charge in [-0.3, -0.25) is 5.43 Å². The number of hydrogen-bond acceptors (Lipinski definition) is 2. The number of anilines is 1. The second-order valence-corrected chi connectivity index (χ2v) is 3.36. The Balaban J connectivity index is 2.54. The monoisotopic (exact) mass is 212 g/mol. The molecule has 0 atom stereocenters. The summed E-state index contributed by atoms with van der Waals surface area (Å²) in [6.45, 7) is 0. The van der Waals surface area contributed by atoms with Crippen LogP contribution in [-0.2, 0) is 0 Å². The van der Waals surface area contributed by atoms with Crippen molar-refractivity contribution in [3.63, 3.8) is 0 Å². The van der Waals surface area contributed by atoms with Crippen molar-refractivity contribution in [3.8, 4) is 0 Å². The molecule has 0 saturated carbocycles. The van der Waals surface area contributed by atoms with E-state index in [1.54, 1.807) is 6.08 Å². The third-order valence-electron chi connectivity index (χ3n) is 1.71. The third-order valence-corrected chi connectivity index (χ3v) is 2.39. The van der Waals surface area contributed by atoms with Crippen molar-refractivity contribution in [2.24, 2.45) is 5.10 Å². The Kier molecular flexibility index (Phi) is 2.25. The molecule has 0 saturated heterocycles. The minimum atomic E-state index is 0.276. The zero-order chi connectivity index (χ0) is 9.26. The molecule has 1 aromatic carbocycles. The van der Waals surface area contributed by atoms with Crippen LogP contribution in [0.15, 0.2) is 34.4 Å². The fraction of sp³-hybridized carbons (Fsp3) is 0. The Bertz CT molecular complexity index is 396. The maximum atomic E-state index is 5.86. The first-order chi connectivity index (χ1) is 6.27. The standard InChI is InChI=1S/C9H6Cl2N2/c10-7-5-6-3-1-2-4-8(6)12-13-9(7)11/h1-5,12H. The Labute approximate surface area is 85.9 Å². The van der Waals surface area contributed by atoms with Gasteiger partial charge in [0.2, 0.25) is 0 Å². The van der Waals surface area contributed by atoms with Gasteiger partial charge in [0, 0.05) is 5.56 Å². The second kappa shape index (κ2) is 3.40. The number of nitrogens with one attached hydrogen (secondary N) is 1. The van der Waals surface area contributed by atoms with Gasteiger partial charge in [-0.15, -0.1) is 0 Å². The van der Waals surface area contributed by atoms with E-state index in [1.165, 1.54) is 0 Å². The summed E-state index contributed by atoms with van der Waals surface area (Å²) in [7, 11) is 0. The summed E-state index contributed by atoms with van der Waals surface area (Å²) in [5, 5.41) is 4.60. The lowest BCUT2D eigenvalue weighted by molar-refractivity contribution is 1.35. The smallest absolute Gasteiger partial charge is 0.167 e. The summed E-state index contributed by atoms with van der Waals surface area (Å²) >= 11 is 11.6. The lowest BCUT2D eigenvalue weighted by Gasteiger charge is -2.00. The number of nitrogens with zero attached hydrogens (tertiary/aromatic N) is 1. The van der Waals surface area contributed by atoms with Crippen LogP contribution in [0, 0.1) is 0 Å². The van der Waals surface area contributed by atoms with Crippen molar-refractivity contribution in [2.75, 3.05) is 5.43 Å². The highest BCUT2D eigenvalue weighted by atomic mass is 35.5. The zero-order valence-electron chi connectivity index (χ0n) is 6.59. The van der Waals surface area contributed by atoms with Gasteiger partial charge in [-0.05, 0) is 12.1 Å². The average molecular weight is 213 g/mol. The lowest BCUT2D eigenvalue weighted by atomic mass is 10.2. The highest BCUT2D eigenvalue weighted by Gasteiger charge is 2.07. The predicted octanol–water partition coefficient (Wildman–Crippen LogP) is 3.24. The maximum Gasteiger partial charge on any atom is 0.167 e. The molecular weight excluding hydrogens is 207 g/mol. The van der Waals surface area contributed by atoms with E-state index < -0.39 is 0 Å². The molecule has 1 aliphatic heterocycles. The van der Waals surface area contributed by atoms with E-state index in [4.69, 9.17) is 23.2 Å². The Morgan fingerprint density at radius 1 is 1.15 bits per heavy atom. The topological polar surface area (TPSA) is 24.4 Å². The fourth-order valence-corrected chi connectivity index (χ4v) is 1.34. The minimum absolute atomic E-state index is 0.276. The first-order valence-electron chi connectivity index (χ1n) is 3.73. The summed E-state index contributed by atoms with van der Waals surface area (Å²) in [6.07, 6.45) is 1.78. The summed E-state index contributed by atoms with van der Waals surface area (Å²) in [5.74, 6) is 0. The maximum absolute atomic E-state index is 5.86. The van der Waals surface area contributed by atoms with Gasteiger partial charge < -0.3 is 0 Å². The van der Waals surface area contributed by atoms with Crippen molar-refractivity contribution in [1.82, 2.24) is 0 Å². The van der Waals surface area contributed by atoms with Gasteiger partial charge in [-0.1, -0.05) is 41.4 Å². The Morgan fingerprint density at radius 2 is 1.92 bits per heavy atom. The van der Waals surface area contributed by atoms with Crippen LogP contribution >= 0.6 is 23.2 Å². The number of para-hydroxylation sites is 1. The van der Waals surface area contributed by atoms with Crippen LogP contribution < -0.4 is 5.43 Å². The molecule has 0 aromatic heterocycles. The highest BCUT2D eigenvalue weighted by Crippen LogP contribution is 2.24. The molecule has 0 unspecified atom stereocenters. The number of fused-ring (bicyclic) bond motifs is 1.